The van der Waals surface area contributed by atoms with Crippen LogP contribution in [0.25, 0.3) is 0 Å². The Morgan fingerprint density at radius 3 is 2.29 bits per heavy atom. The quantitative estimate of drug-likeness (QED) is 0.487. The molecule has 4 atom stereocenters. The minimum absolute atomic E-state index is 0.134. The van der Waals surface area contributed by atoms with Crippen LogP contribution in [0, 0.1) is 23.7 Å². The molecule has 1 aliphatic heterocycles. The van der Waals surface area contributed by atoms with Crippen LogP contribution in [0.15, 0.2) is 36.4 Å². The van der Waals surface area contributed by atoms with Crippen LogP contribution in [-0.4, -0.2) is 24.4 Å². The summed E-state index contributed by atoms with van der Waals surface area (Å²) < 4.78 is 5.00. The maximum atomic E-state index is 12.9. The molecule has 3 aliphatic carbocycles. The SMILES string of the molecule is CCOC(=O)c1cccc(N2C(=O)[C@@H]3[C@@H](C2=O)[C@@H]2C=C[C@@H]3CC2)c1. The van der Waals surface area contributed by atoms with Crippen LogP contribution >= 0.6 is 0 Å². The first-order valence-corrected chi connectivity index (χ1v) is 8.45. The van der Waals surface area contributed by atoms with E-state index < -0.39 is 5.97 Å². The van der Waals surface area contributed by atoms with Crippen LogP contribution in [0.1, 0.15) is 30.1 Å². The van der Waals surface area contributed by atoms with E-state index >= 15 is 0 Å². The Morgan fingerprint density at radius 1 is 1.12 bits per heavy atom. The van der Waals surface area contributed by atoms with Crippen molar-refractivity contribution in [3.63, 3.8) is 0 Å². The minimum Gasteiger partial charge on any atom is -0.462 e. The smallest absolute Gasteiger partial charge is 0.338 e. The van der Waals surface area contributed by atoms with Crippen LogP contribution in [-0.2, 0) is 14.3 Å². The molecule has 5 nitrogen and oxygen atoms in total. The maximum Gasteiger partial charge on any atom is 0.338 e. The lowest BCUT2D eigenvalue weighted by atomic mass is 9.63. The Bertz CT molecular complexity index is 721. The number of hydrogen-bond donors (Lipinski definition) is 0. The van der Waals surface area contributed by atoms with Crippen molar-refractivity contribution in [2.45, 2.75) is 19.8 Å². The average molecular weight is 325 g/mol. The van der Waals surface area contributed by atoms with E-state index in [-0.39, 0.29) is 42.1 Å². The second kappa shape index (κ2) is 5.58. The number of allylic oxidation sites excluding steroid dienone is 2. The molecule has 2 fully saturated rings. The zero-order chi connectivity index (χ0) is 16.8. The van der Waals surface area contributed by atoms with Gasteiger partial charge in [-0.15, -0.1) is 0 Å². The third kappa shape index (κ3) is 2.11. The average Bonchev–Trinajstić information content (AvgIpc) is 2.89. The second-order valence-corrected chi connectivity index (χ2v) is 6.62. The molecule has 2 amide bonds. The molecule has 4 aliphatic rings. The summed E-state index contributed by atoms with van der Waals surface area (Å²) in [6.45, 7) is 2.02. The van der Waals surface area contributed by atoms with Crippen LogP contribution in [0.5, 0.6) is 0 Å². The molecule has 124 valence electrons. The van der Waals surface area contributed by atoms with E-state index in [0.717, 1.165) is 12.8 Å². The first-order chi connectivity index (χ1) is 11.6. The second-order valence-electron chi connectivity index (χ2n) is 6.62. The number of fused-ring (bicyclic) bond motifs is 1. The van der Waals surface area contributed by atoms with Crippen molar-refractivity contribution in [2.75, 3.05) is 11.5 Å². The number of imide groups is 1. The highest BCUT2D eigenvalue weighted by molar-refractivity contribution is 6.22. The number of nitrogens with zero attached hydrogens (tertiary/aromatic N) is 1. The van der Waals surface area contributed by atoms with E-state index in [1.165, 1.54) is 4.90 Å². The largest absolute Gasteiger partial charge is 0.462 e. The van der Waals surface area contributed by atoms with Crippen molar-refractivity contribution in [3.05, 3.63) is 42.0 Å². The van der Waals surface area contributed by atoms with Gasteiger partial charge >= 0.3 is 5.97 Å². The molecule has 0 unspecified atom stereocenters. The molecule has 2 bridgehead atoms. The first-order valence-electron chi connectivity index (χ1n) is 8.45. The lowest BCUT2D eigenvalue weighted by molar-refractivity contribution is -0.124. The Kier molecular flexibility index (Phi) is 3.52. The molecular formula is C19H19NO4. The number of carbonyl (C=O) groups excluding carboxylic acids is 3. The fourth-order valence-electron chi connectivity index (χ4n) is 4.32. The molecule has 0 radical (unpaired) electrons. The Balaban J connectivity index is 1.68. The third-order valence-electron chi connectivity index (χ3n) is 5.37. The van der Waals surface area contributed by atoms with Crippen LogP contribution in [0.4, 0.5) is 5.69 Å². The van der Waals surface area contributed by atoms with Crippen molar-refractivity contribution >= 4 is 23.5 Å². The predicted octanol–water partition coefficient (Wildman–Crippen LogP) is 2.56. The van der Waals surface area contributed by atoms with Gasteiger partial charge in [-0.3, -0.25) is 9.59 Å². The van der Waals surface area contributed by atoms with Crippen molar-refractivity contribution in [1.82, 2.24) is 0 Å². The van der Waals surface area contributed by atoms with Gasteiger partial charge in [0.2, 0.25) is 11.8 Å². The fraction of sp³-hybridized carbons (Fsp3) is 0.421. The zero-order valence-electron chi connectivity index (χ0n) is 13.5. The van der Waals surface area contributed by atoms with E-state index in [1.807, 2.05) is 0 Å². The Morgan fingerprint density at radius 2 is 1.75 bits per heavy atom. The highest BCUT2D eigenvalue weighted by Gasteiger charge is 2.56. The summed E-state index contributed by atoms with van der Waals surface area (Å²) >= 11 is 0. The molecule has 1 heterocycles. The van der Waals surface area contributed by atoms with Gasteiger partial charge in [-0.1, -0.05) is 18.2 Å². The van der Waals surface area contributed by atoms with Crippen LogP contribution in [0.3, 0.4) is 0 Å². The number of rotatable bonds is 3. The van der Waals surface area contributed by atoms with Gasteiger partial charge in [0, 0.05) is 0 Å². The Hall–Kier alpha value is -2.43. The number of benzene rings is 1. The van der Waals surface area contributed by atoms with Gasteiger partial charge in [0.05, 0.1) is 29.7 Å². The number of amides is 2. The lowest BCUT2D eigenvalue weighted by Crippen LogP contribution is -2.38. The van der Waals surface area contributed by atoms with E-state index in [1.54, 1.807) is 31.2 Å². The minimum atomic E-state index is -0.447. The number of anilines is 1. The number of esters is 1. The molecule has 0 spiro atoms. The van der Waals surface area contributed by atoms with Crippen molar-refractivity contribution in [1.29, 1.82) is 0 Å². The third-order valence-corrected chi connectivity index (χ3v) is 5.37. The number of carbonyl (C=O) groups is 3. The van der Waals surface area contributed by atoms with E-state index in [0.29, 0.717) is 11.3 Å². The number of hydrogen-bond acceptors (Lipinski definition) is 4. The highest BCUT2D eigenvalue weighted by Crippen LogP contribution is 2.50. The molecule has 1 aromatic rings. The molecule has 0 N–H and O–H groups in total. The van der Waals surface area contributed by atoms with Gasteiger partial charge in [0.1, 0.15) is 0 Å². The normalized spacial score (nSPS) is 30.6. The zero-order valence-corrected chi connectivity index (χ0v) is 13.5. The van der Waals surface area contributed by atoms with E-state index in [2.05, 4.69) is 12.2 Å². The molecule has 0 aromatic heterocycles. The maximum absolute atomic E-state index is 12.9. The summed E-state index contributed by atoms with van der Waals surface area (Å²) in [5, 5.41) is 0. The van der Waals surface area contributed by atoms with E-state index in [4.69, 9.17) is 4.74 Å². The first kappa shape index (κ1) is 15.1. The summed E-state index contributed by atoms with van der Waals surface area (Å²) in [5.74, 6) is -0.878. The van der Waals surface area contributed by atoms with Crippen molar-refractivity contribution < 1.29 is 19.1 Å². The van der Waals surface area contributed by atoms with Crippen LogP contribution in [0.2, 0.25) is 0 Å². The predicted molar refractivity (Wildman–Crippen MR) is 87.2 cm³/mol. The summed E-state index contributed by atoms with van der Waals surface area (Å²) in [6.07, 6.45) is 6.13. The van der Waals surface area contributed by atoms with Crippen molar-refractivity contribution in [3.8, 4) is 0 Å². The summed E-state index contributed by atoms with van der Waals surface area (Å²) in [4.78, 5) is 39.0. The Labute approximate surface area is 140 Å². The molecule has 5 rings (SSSR count). The molecule has 5 heteroatoms. The monoisotopic (exact) mass is 325 g/mol. The van der Waals surface area contributed by atoms with Crippen LogP contribution < -0.4 is 4.90 Å². The molecular weight excluding hydrogens is 306 g/mol. The summed E-state index contributed by atoms with van der Waals surface area (Å²) in [5.41, 5.74) is 0.815. The summed E-state index contributed by atoms with van der Waals surface area (Å²) in [6, 6.07) is 6.58. The van der Waals surface area contributed by atoms with Gasteiger partial charge < -0.3 is 4.74 Å². The number of ether oxygens (including phenoxy) is 1. The standard InChI is InChI=1S/C19H19NO4/c1-2-24-19(23)13-4-3-5-14(10-13)20-17(21)15-11-6-7-12(9-8-11)16(15)18(20)22/h3-7,10-12,15-16H,2,8-9H2,1H3/t11-,12-,15+,16+/m1/s1. The molecule has 24 heavy (non-hydrogen) atoms. The van der Waals surface area contributed by atoms with Gasteiger partial charge in [-0.05, 0) is 49.8 Å². The van der Waals surface area contributed by atoms with Gasteiger partial charge in [0.25, 0.3) is 0 Å². The molecule has 1 saturated heterocycles. The lowest BCUT2D eigenvalue weighted by Gasteiger charge is -2.38. The van der Waals surface area contributed by atoms with Gasteiger partial charge in [-0.2, -0.15) is 0 Å². The van der Waals surface area contributed by atoms with E-state index in [9.17, 15) is 14.4 Å². The summed E-state index contributed by atoms with van der Waals surface area (Å²) in [7, 11) is 0. The molecule has 1 aromatic carbocycles. The molecule has 1 saturated carbocycles. The van der Waals surface area contributed by atoms with Gasteiger partial charge in [-0.25, -0.2) is 9.69 Å². The fourth-order valence-corrected chi connectivity index (χ4v) is 4.32. The van der Waals surface area contributed by atoms with Gasteiger partial charge in [0.15, 0.2) is 0 Å². The van der Waals surface area contributed by atoms with Crippen molar-refractivity contribution in [2.24, 2.45) is 23.7 Å². The highest BCUT2D eigenvalue weighted by atomic mass is 16.5. The topological polar surface area (TPSA) is 63.7 Å².